The van der Waals surface area contributed by atoms with Crippen molar-refractivity contribution in [2.24, 2.45) is 0 Å². The molecule has 0 aliphatic carbocycles. The fraction of sp³-hybridized carbons (Fsp3) is 0.600. The van der Waals surface area contributed by atoms with E-state index in [1.807, 2.05) is 0 Å². The van der Waals surface area contributed by atoms with Gasteiger partial charge >= 0.3 is 0 Å². The second-order valence-electron chi connectivity index (χ2n) is 5.22. The molecule has 2 unspecified atom stereocenters. The second kappa shape index (κ2) is 5.83. The van der Waals surface area contributed by atoms with Crippen LogP contribution in [0, 0.1) is 0 Å². The van der Waals surface area contributed by atoms with Crippen molar-refractivity contribution in [3.8, 4) is 0 Å². The Hall–Kier alpha value is -0.900. The molecule has 18 heavy (non-hydrogen) atoms. The highest BCUT2D eigenvalue weighted by atomic mass is 16.5. The molecule has 1 aromatic rings. The average Bonchev–Trinajstić information content (AvgIpc) is 2.83. The zero-order valence-electron chi connectivity index (χ0n) is 11.3. The molecular weight excluding hydrogens is 226 g/mol. The van der Waals surface area contributed by atoms with Crippen LogP contribution in [0.4, 0.5) is 0 Å². The largest absolute Gasteiger partial charge is 0.386 e. The predicted octanol–water partition coefficient (Wildman–Crippen LogP) is 2.05. The normalized spacial score (nSPS) is 25.3. The summed E-state index contributed by atoms with van der Waals surface area (Å²) < 4.78 is 5.24. The molecule has 100 valence electrons. The van der Waals surface area contributed by atoms with Gasteiger partial charge in [0.25, 0.3) is 0 Å². The third-order valence-electron chi connectivity index (χ3n) is 3.71. The van der Waals surface area contributed by atoms with Crippen molar-refractivity contribution in [3.63, 3.8) is 0 Å². The van der Waals surface area contributed by atoms with Crippen LogP contribution in [-0.4, -0.2) is 30.5 Å². The Morgan fingerprint density at radius 2 is 2.11 bits per heavy atom. The van der Waals surface area contributed by atoms with Gasteiger partial charge in [-0.15, -0.1) is 0 Å². The molecule has 0 amide bonds. The molecule has 0 aromatic heterocycles. The van der Waals surface area contributed by atoms with Gasteiger partial charge in [-0.2, -0.15) is 0 Å². The summed E-state index contributed by atoms with van der Waals surface area (Å²) in [6.07, 6.45) is 1.79. The lowest BCUT2D eigenvalue weighted by atomic mass is 10.0. The first-order chi connectivity index (χ1) is 8.63. The van der Waals surface area contributed by atoms with Crippen molar-refractivity contribution < 1.29 is 9.84 Å². The van der Waals surface area contributed by atoms with Crippen LogP contribution >= 0.6 is 0 Å². The molecule has 1 fully saturated rings. The van der Waals surface area contributed by atoms with Gasteiger partial charge < -0.3 is 15.2 Å². The van der Waals surface area contributed by atoms with E-state index in [1.165, 1.54) is 11.1 Å². The number of aliphatic hydroxyl groups is 1. The van der Waals surface area contributed by atoms with Gasteiger partial charge in [0.05, 0.1) is 6.61 Å². The van der Waals surface area contributed by atoms with Crippen molar-refractivity contribution >= 4 is 0 Å². The molecule has 1 aromatic carbocycles. The summed E-state index contributed by atoms with van der Waals surface area (Å²) in [5.41, 5.74) is 1.93. The van der Waals surface area contributed by atoms with Crippen LogP contribution in [-0.2, 0) is 11.2 Å². The molecule has 3 nitrogen and oxygen atoms in total. The molecule has 0 bridgehead atoms. The van der Waals surface area contributed by atoms with Crippen LogP contribution in [0.3, 0.4) is 0 Å². The molecular formula is C15H23NO2. The summed E-state index contributed by atoms with van der Waals surface area (Å²) in [6, 6.07) is 8.90. The molecule has 2 rings (SSSR count). The van der Waals surface area contributed by atoms with Crippen LogP contribution in [0.5, 0.6) is 0 Å². The van der Waals surface area contributed by atoms with Gasteiger partial charge in [0.2, 0.25) is 0 Å². The SMILES string of the molecule is CCc1ccc(C(C)NCC2(O)CCOC2)cc1. The zero-order valence-corrected chi connectivity index (χ0v) is 11.3. The molecule has 2 atom stereocenters. The van der Waals surface area contributed by atoms with Gasteiger partial charge in [0, 0.05) is 25.6 Å². The molecule has 3 heteroatoms. The first-order valence-electron chi connectivity index (χ1n) is 6.75. The maximum Gasteiger partial charge on any atom is 0.103 e. The Balaban J connectivity index is 1.88. The van der Waals surface area contributed by atoms with Gasteiger partial charge in [-0.25, -0.2) is 0 Å². The number of hydrogen-bond donors (Lipinski definition) is 2. The highest BCUT2D eigenvalue weighted by molar-refractivity contribution is 5.24. The van der Waals surface area contributed by atoms with Crippen LogP contribution in [0.25, 0.3) is 0 Å². The first kappa shape index (κ1) is 13.5. The molecule has 0 saturated carbocycles. The van der Waals surface area contributed by atoms with Gasteiger partial charge in [-0.1, -0.05) is 31.2 Å². The summed E-state index contributed by atoms with van der Waals surface area (Å²) in [4.78, 5) is 0. The third-order valence-corrected chi connectivity index (χ3v) is 3.71. The topological polar surface area (TPSA) is 41.5 Å². The minimum absolute atomic E-state index is 0.250. The van der Waals surface area contributed by atoms with Crippen molar-refractivity contribution in [1.82, 2.24) is 5.32 Å². The van der Waals surface area contributed by atoms with E-state index < -0.39 is 5.60 Å². The van der Waals surface area contributed by atoms with E-state index in [9.17, 15) is 5.11 Å². The molecule has 0 radical (unpaired) electrons. The fourth-order valence-electron chi connectivity index (χ4n) is 2.24. The molecule has 1 heterocycles. The standard InChI is InChI=1S/C15H23NO2/c1-3-13-4-6-14(7-5-13)12(2)16-10-15(17)8-9-18-11-15/h4-7,12,16-17H,3,8-11H2,1-2H3. The zero-order chi connectivity index (χ0) is 13.0. The Morgan fingerprint density at radius 1 is 1.39 bits per heavy atom. The van der Waals surface area contributed by atoms with Crippen molar-refractivity contribution in [3.05, 3.63) is 35.4 Å². The summed E-state index contributed by atoms with van der Waals surface area (Å²) in [5.74, 6) is 0. The molecule has 0 spiro atoms. The lowest BCUT2D eigenvalue weighted by Crippen LogP contribution is -2.41. The van der Waals surface area contributed by atoms with Gasteiger partial charge in [0.1, 0.15) is 5.60 Å². The Bertz CT molecular complexity index is 369. The first-order valence-corrected chi connectivity index (χ1v) is 6.75. The summed E-state index contributed by atoms with van der Waals surface area (Å²) in [6.45, 7) is 5.98. The number of nitrogens with one attached hydrogen (secondary N) is 1. The van der Waals surface area contributed by atoms with E-state index in [2.05, 4.69) is 43.4 Å². The highest BCUT2D eigenvalue weighted by Gasteiger charge is 2.32. The minimum Gasteiger partial charge on any atom is -0.386 e. The van der Waals surface area contributed by atoms with E-state index in [0.29, 0.717) is 19.8 Å². The number of benzene rings is 1. The van der Waals surface area contributed by atoms with Crippen LogP contribution in [0.2, 0.25) is 0 Å². The average molecular weight is 249 g/mol. The third kappa shape index (κ3) is 3.31. The quantitative estimate of drug-likeness (QED) is 0.839. The van der Waals surface area contributed by atoms with E-state index in [4.69, 9.17) is 4.74 Å². The van der Waals surface area contributed by atoms with Crippen molar-refractivity contribution in [1.29, 1.82) is 0 Å². The van der Waals surface area contributed by atoms with Crippen LogP contribution in [0.1, 0.15) is 37.4 Å². The van der Waals surface area contributed by atoms with Crippen molar-refractivity contribution in [2.45, 2.75) is 38.3 Å². The number of hydrogen-bond acceptors (Lipinski definition) is 3. The van der Waals surface area contributed by atoms with Gasteiger partial charge in [-0.05, 0) is 24.5 Å². The van der Waals surface area contributed by atoms with Crippen LogP contribution < -0.4 is 5.32 Å². The highest BCUT2D eigenvalue weighted by Crippen LogP contribution is 2.19. The molecule has 2 N–H and O–H groups in total. The summed E-state index contributed by atoms with van der Waals surface area (Å²) in [7, 11) is 0. The monoisotopic (exact) mass is 249 g/mol. The number of ether oxygens (including phenoxy) is 1. The lowest BCUT2D eigenvalue weighted by molar-refractivity contribution is 0.0252. The lowest BCUT2D eigenvalue weighted by Gasteiger charge is -2.24. The van der Waals surface area contributed by atoms with Gasteiger partial charge in [0.15, 0.2) is 0 Å². The smallest absolute Gasteiger partial charge is 0.103 e. The molecule has 1 aliphatic heterocycles. The van der Waals surface area contributed by atoms with E-state index in [-0.39, 0.29) is 6.04 Å². The fourth-order valence-corrected chi connectivity index (χ4v) is 2.24. The Labute approximate surface area is 109 Å². The van der Waals surface area contributed by atoms with E-state index in [1.54, 1.807) is 0 Å². The van der Waals surface area contributed by atoms with Gasteiger partial charge in [-0.3, -0.25) is 0 Å². The predicted molar refractivity (Wildman–Crippen MR) is 72.6 cm³/mol. The molecule has 1 aliphatic rings. The van der Waals surface area contributed by atoms with Crippen molar-refractivity contribution in [2.75, 3.05) is 19.8 Å². The van der Waals surface area contributed by atoms with E-state index in [0.717, 1.165) is 12.8 Å². The Kier molecular flexibility index (Phi) is 4.38. The molecule has 1 saturated heterocycles. The maximum absolute atomic E-state index is 10.2. The number of rotatable bonds is 5. The van der Waals surface area contributed by atoms with E-state index >= 15 is 0 Å². The minimum atomic E-state index is -0.683. The summed E-state index contributed by atoms with van der Waals surface area (Å²) in [5, 5.41) is 13.6. The number of aryl methyl sites for hydroxylation is 1. The second-order valence-corrected chi connectivity index (χ2v) is 5.22. The van der Waals surface area contributed by atoms with Crippen LogP contribution in [0.15, 0.2) is 24.3 Å². The Morgan fingerprint density at radius 3 is 2.67 bits per heavy atom. The summed E-state index contributed by atoms with van der Waals surface area (Å²) >= 11 is 0. The maximum atomic E-state index is 10.2.